The van der Waals surface area contributed by atoms with Crippen molar-refractivity contribution in [1.82, 2.24) is 4.98 Å². The summed E-state index contributed by atoms with van der Waals surface area (Å²) in [5.41, 5.74) is 5.98. The van der Waals surface area contributed by atoms with E-state index in [4.69, 9.17) is 4.74 Å². The molecule has 122 valence electrons. The maximum atomic E-state index is 5.86. The molecule has 1 heterocycles. The first-order chi connectivity index (χ1) is 11.7. The van der Waals surface area contributed by atoms with E-state index in [2.05, 4.69) is 31.4 Å². The smallest absolute Gasteiger partial charge is 0.203 e. The number of hydrogen-bond donors (Lipinski definition) is 1. The lowest BCUT2D eigenvalue weighted by Crippen LogP contribution is -1.97. The summed E-state index contributed by atoms with van der Waals surface area (Å²) in [6.07, 6.45) is 1.75. The second-order valence-corrected chi connectivity index (χ2v) is 6.83. The number of nitrogens with zero attached hydrogens (tertiary/aromatic N) is 2. The van der Waals surface area contributed by atoms with Gasteiger partial charge in [0.25, 0.3) is 0 Å². The summed E-state index contributed by atoms with van der Waals surface area (Å²) in [5.74, 6) is 0.805. The zero-order chi connectivity index (χ0) is 16.8. The minimum absolute atomic E-state index is 0.513. The van der Waals surface area contributed by atoms with E-state index in [1.165, 1.54) is 11.3 Å². The molecule has 2 aromatic carbocycles. The minimum atomic E-state index is 0.513. The number of hydrogen-bond acceptors (Lipinski definition) is 5. The molecule has 0 unspecified atom stereocenters. The van der Waals surface area contributed by atoms with Crippen molar-refractivity contribution in [3.05, 3.63) is 75.2 Å². The molecule has 0 aliphatic rings. The van der Waals surface area contributed by atoms with Crippen LogP contribution in [0.15, 0.2) is 63.5 Å². The van der Waals surface area contributed by atoms with Gasteiger partial charge in [0.2, 0.25) is 5.13 Å². The Bertz CT molecular complexity index is 848. The van der Waals surface area contributed by atoms with E-state index in [-0.39, 0.29) is 0 Å². The van der Waals surface area contributed by atoms with Gasteiger partial charge in [-0.2, -0.15) is 5.10 Å². The Morgan fingerprint density at radius 3 is 2.92 bits per heavy atom. The molecule has 24 heavy (non-hydrogen) atoms. The quantitative estimate of drug-likeness (QED) is 0.453. The SMILES string of the molecule is Cc1csc(NN=Cc2cccc(OCc3ccccc3Br)c2)n1. The van der Waals surface area contributed by atoms with Crippen molar-refractivity contribution in [3.63, 3.8) is 0 Å². The summed E-state index contributed by atoms with van der Waals surface area (Å²) in [5, 5.41) is 6.97. The van der Waals surface area contributed by atoms with Crippen LogP contribution >= 0.6 is 27.3 Å². The number of aryl methyl sites for hydroxylation is 1. The van der Waals surface area contributed by atoms with Crippen LogP contribution in [0.25, 0.3) is 0 Å². The Morgan fingerprint density at radius 1 is 1.25 bits per heavy atom. The molecule has 3 aromatic rings. The van der Waals surface area contributed by atoms with E-state index in [1.54, 1.807) is 6.21 Å². The first kappa shape index (κ1) is 16.7. The number of nitrogens with one attached hydrogen (secondary N) is 1. The standard InChI is InChI=1S/C18H16BrN3OS/c1-13-12-24-18(21-13)22-20-10-14-5-4-7-16(9-14)23-11-15-6-2-3-8-17(15)19/h2-10,12H,11H2,1H3,(H,21,22). The lowest BCUT2D eigenvalue weighted by Gasteiger charge is -2.08. The summed E-state index contributed by atoms with van der Waals surface area (Å²) >= 11 is 5.06. The van der Waals surface area contributed by atoms with Crippen LogP contribution in [0.3, 0.4) is 0 Å². The van der Waals surface area contributed by atoms with Gasteiger partial charge in [0.15, 0.2) is 0 Å². The van der Waals surface area contributed by atoms with E-state index in [1.807, 2.05) is 60.8 Å². The molecule has 1 aromatic heterocycles. The highest BCUT2D eigenvalue weighted by atomic mass is 79.9. The van der Waals surface area contributed by atoms with Crippen molar-refractivity contribution in [1.29, 1.82) is 0 Å². The molecule has 3 rings (SSSR count). The third kappa shape index (κ3) is 4.66. The number of thiazole rings is 1. The summed E-state index contributed by atoms with van der Waals surface area (Å²) in [7, 11) is 0. The average molecular weight is 402 g/mol. The highest BCUT2D eigenvalue weighted by Crippen LogP contribution is 2.19. The molecule has 1 N–H and O–H groups in total. The Kier molecular flexibility index (Phi) is 5.61. The summed E-state index contributed by atoms with van der Waals surface area (Å²) in [4.78, 5) is 4.30. The third-order valence-corrected chi connectivity index (χ3v) is 4.84. The van der Waals surface area contributed by atoms with Gasteiger partial charge in [-0.1, -0.05) is 46.3 Å². The average Bonchev–Trinajstić information content (AvgIpc) is 3.00. The molecule has 0 aliphatic carbocycles. The summed E-state index contributed by atoms with van der Waals surface area (Å²) in [6, 6.07) is 15.8. The predicted molar refractivity (Wildman–Crippen MR) is 103 cm³/mol. The zero-order valence-electron chi connectivity index (χ0n) is 13.1. The summed E-state index contributed by atoms with van der Waals surface area (Å²) < 4.78 is 6.91. The third-order valence-electron chi connectivity index (χ3n) is 3.20. The van der Waals surface area contributed by atoms with E-state index < -0.39 is 0 Å². The molecule has 0 saturated heterocycles. The molecule has 4 nitrogen and oxygen atoms in total. The molecule has 0 spiro atoms. The van der Waals surface area contributed by atoms with E-state index in [0.717, 1.165) is 32.2 Å². The Balaban J connectivity index is 1.60. The van der Waals surface area contributed by atoms with Crippen LogP contribution in [0, 0.1) is 6.92 Å². The molecule has 0 fully saturated rings. The van der Waals surface area contributed by atoms with Crippen molar-refractivity contribution in [2.24, 2.45) is 5.10 Å². The number of halogens is 1. The Hall–Kier alpha value is -2.18. The molecule has 0 atom stereocenters. The molecule has 0 amide bonds. The largest absolute Gasteiger partial charge is 0.489 e. The van der Waals surface area contributed by atoms with Crippen LogP contribution in [0.4, 0.5) is 5.13 Å². The van der Waals surface area contributed by atoms with Gasteiger partial charge in [0.1, 0.15) is 12.4 Å². The zero-order valence-corrected chi connectivity index (χ0v) is 15.5. The monoisotopic (exact) mass is 401 g/mol. The van der Waals surface area contributed by atoms with Gasteiger partial charge in [-0.3, -0.25) is 5.43 Å². The first-order valence-corrected chi connectivity index (χ1v) is 9.05. The van der Waals surface area contributed by atoms with Crippen LogP contribution < -0.4 is 10.2 Å². The van der Waals surface area contributed by atoms with Gasteiger partial charge < -0.3 is 4.74 Å². The molecular formula is C18H16BrN3OS. The number of anilines is 1. The van der Waals surface area contributed by atoms with Crippen molar-refractivity contribution in [3.8, 4) is 5.75 Å². The highest BCUT2D eigenvalue weighted by molar-refractivity contribution is 9.10. The van der Waals surface area contributed by atoms with E-state index >= 15 is 0 Å². The second-order valence-electron chi connectivity index (χ2n) is 5.12. The fourth-order valence-electron chi connectivity index (χ4n) is 2.03. The fraction of sp³-hybridized carbons (Fsp3) is 0.111. The lowest BCUT2D eigenvalue weighted by molar-refractivity contribution is 0.305. The van der Waals surface area contributed by atoms with E-state index in [0.29, 0.717) is 6.61 Å². The number of rotatable bonds is 6. The van der Waals surface area contributed by atoms with Gasteiger partial charge in [-0.25, -0.2) is 4.98 Å². The summed E-state index contributed by atoms with van der Waals surface area (Å²) in [6.45, 7) is 2.47. The molecular weight excluding hydrogens is 386 g/mol. The molecule has 0 radical (unpaired) electrons. The van der Waals surface area contributed by atoms with Crippen LogP contribution in [-0.4, -0.2) is 11.2 Å². The normalized spacial score (nSPS) is 10.9. The topological polar surface area (TPSA) is 46.5 Å². The highest BCUT2D eigenvalue weighted by Gasteiger charge is 2.01. The van der Waals surface area contributed by atoms with Gasteiger partial charge in [0.05, 0.1) is 11.9 Å². The number of hydrazone groups is 1. The second kappa shape index (κ2) is 8.08. The van der Waals surface area contributed by atoms with Crippen LogP contribution in [-0.2, 0) is 6.61 Å². The lowest BCUT2D eigenvalue weighted by atomic mass is 10.2. The van der Waals surface area contributed by atoms with Crippen molar-refractivity contribution in [2.75, 3.05) is 5.43 Å². The van der Waals surface area contributed by atoms with Gasteiger partial charge in [-0.05, 0) is 30.7 Å². The van der Waals surface area contributed by atoms with Crippen LogP contribution in [0.1, 0.15) is 16.8 Å². The molecule has 6 heteroatoms. The van der Waals surface area contributed by atoms with Crippen LogP contribution in [0.5, 0.6) is 5.75 Å². The Morgan fingerprint density at radius 2 is 2.12 bits per heavy atom. The van der Waals surface area contributed by atoms with Crippen molar-refractivity contribution < 1.29 is 4.74 Å². The Labute approximate surface area is 153 Å². The van der Waals surface area contributed by atoms with Gasteiger partial charge >= 0.3 is 0 Å². The molecule has 0 aliphatic heterocycles. The van der Waals surface area contributed by atoms with Crippen LogP contribution in [0.2, 0.25) is 0 Å². The van der Waals surface area contributed by atoms with Gasteiger partial charge in [0, 0.05) is 15.4 Å². The first-order valence-electron chi connectivity index (χ1n) is 7.38. The van der Waals surface area contributed by atoms with Gasteiger partial charge in [-0.15, -0.1) is 11.3 Å². The maximum Gasteiger partial charge on any atom is 0.203 e. The minimum Gasteiger partial charge on any atom is -0.489 e. The number of ether oxygens (including phenoxy) is 1. The fourth-order valence-corrected chi connectivity index (χ4v) is 3.06. The maximum absolute atomic E-state index is 5.86. The molecule has 0 bridgehead atoms. The predicted octanol–water partition coefficient (Wildman–Crippen LogP) is 5.24. The van der Waals surface area contributed by atoms with Crippen molar-refractivity contribution in [2.45, 2.75) is 13.5 Å². The van der Waals surface area contributed by atoms with Crippen molar-refractivity contribution >= 4 is 38.6 Å². The molecule has 0 saturated carbocycles. The number of benzene rings is 2. The van der Waals surface area contributed by atoms with E-state index in [9.17, 15) is 0 Å². The number of aromatic nitrogens is 1.